The highest BCUT2D eigenvalue weighted by Gasteiger charge is 2.39. The van der Waals surface area contributed by atoms with E-state index in [-0.39, 0.29) is 11.4 Å². The van der Waals surface area contributed by atoms with Gasteiger partial charge in [-0.25, -0.2) is 8.78 Å². The Morgan fingerprint density at radius 2 is 2.05 bits per heavy atom. The van der Waals surface area contributed by atoms with Gasteiger partial charge in [-0.05, 0) is 44.4 Å². The lowest BCUT2D eigenvalue weighted by atomic mass is 9.77. The molecule has 1 aromatic rings. The van der Waals surface area contributed by atoms with Crippen LogP contribution in [0.15, 0.2) is 18.2 Å². The molecule has 2 rings (SSSR count). The molecule has 1 aromatic carbocycles. The van der Waals surface area contributed by atoms with Gasteiger partial charge in [0.2, 0.25) is 0 Å². The maximum absolute atomic E-state index is 13.6. The molecule has 4 heteroatoms. The first-order valence-corrected chi connectivity index (χ1v) is 6.88. The summed E-state index contributed by atoms with van der Waals surface area (Å²) in [6, 6.07) is 3.77. The van der Waals surface area contributed by atoms with Crippen molar-refractivity contribution in [2.45, 2.75) is 51.2 Å². The van der Waals surface area contributed by atoms with E-state index >= 15 is 0 Å². The molecule has 0 aliphatic heterocycles. The average molecular weight is 269 g/mol. The molecule has 19 heavy (non-hydrogen) atoms. The topological polar surface area (TPSA) is 21.3 Å². The van der Waals surface area contributed by atoms with E-state index < -0.39 is 11.6 Å². The summed E-state index contributed by atoms with van der Waals surface area (Å²) in [5.74, 6) is -0.931. The zero-order valence-corrected chi connectivity index (χ0v) is 11.5. The third kappa shape index (κ3) is 3.66. The highest BCUT2D eigenvalue weighted by Crippen LogP contribution is 2.40. The molecule has 0 spiro atoms. The van der Waals surface area contributed by atoms with Crippen LogP contribution < -0.4 is 10.1 Å². The van der Waals surface area contributed by atoms with E-state index in [9.17, 15) is 8.78 Å². The molecule has 106 valence electrons. The smallest absolute Gasteiger partial charge is 0.165 e. The van der Waals surface area contributed by atoms with Crippen LogP contribution in [0.3, 0.4) is 0 Å². The third-order valence-corrected chi connectivity index (χ3v) is 3.62. The predicted octanol–water partition coefficient (Wildman–Crippen LogP) is 3.65. The monoisotopic (exact) mass is 269 g/mol. The molecule has 1 N–H and O–H groups in total. The van der Waals surface area contributed by atoms with E-state index in [1.807, 2.05) is 0 Å². The SMILES string of the molecule is CC(C)NCCC1(Oc2cc(F)ccc2F)CCC1. The summed E-state index contributed by atoms with van der Waals surface area (Å²) >= 11 is 0. The standard InChI is InChI=1S/C15H21F2NO/c1-11(2)18-9-8-15(6-3-7-15)19-14-10-12(16)4-5-13(14)17/h4-5,10-11,18H,3,6-9H2,1-2H3. The molecule has 0 aromatic heterocycles. The normalized spacial score (nSPS) is 17.3. The number of halogens is 2. The van der Waals surface area contributed by atoms with Gasteiger partial charge in [-0.3, -0.25) is 0 Å². The molecular weight excluding hydrogens is 248 g/mol. The maximum atomic E-state index is 13.6. The van der Waals surface area contributed by atoms with Gasteiger partial charge in [0.25, 0.3) is 0 Å². The number of nitrogens with one attached hydrogen (secondary N) is 1. The maximum Gasteiger partial charge on any atom is 0.165 e. The second kappa shape index (κ2) is 5.87. The number of hydrogen-bond donors (Lipinski definition) is 1. The van der Waals surface area contributed by atoms with Crippen molar-refractivity contribution in [3.05, 3.63) is 29.8 Å². The van der Waals surface area contributed by atoms with Crippen LogP contribution in [0.25, 0.3) is 0 Å². The third-order valence-electron chi connectivity index (χ3n) is 3.62. The second-order valence-electron chi connectivity index (χ2n) is 5.57. The van der Waals surface area contributed by atoms with Crippen molar-refractivity contribution < 1.29 is 13.5 Å². The molecule has 0 unspecified atom stereocenters. The summed E-state index contributed by atoms with van der Waals surface area (Å²) in [4.78, 5) is 0. The van der Waals surface area contributed by atoms with E-state index in [0.29, 0.717) is 6.04 Å². The minimum Gasteiger partial charge on any atom is -0.484 e. The first-order chi connectivity index (χ1) is 9.01. The molecule has 0 bridgehead atoms. The molecule has 1 saturated carbocycles. The van der Waals surface area contributed by atoms with Gasteiger partial charge in [-0.2, -0.15) is 0 Å². The minimum absolute atomic E-state index is 0.0317. The molecular formula is C15H21F2NO. The van der Waals surface area contributed by atoms with E-state index in [1.165, 1.54) is 0 Å². The average Bonchev–Trinajstić information content (AvgIpc) is 2.30. The van der Waals surface area contributed by atoms with Gasteiger partial charge in [0.15, 0.2) is 11.6 Å². The minimum atomic E-state index is -0.496. The van der Waals surface area contributed by atoms with E-state index in [0.717, 1.165) is 50.4 Å². The lowest BCUT2D eigenvalue weighted by Gasteiger charge is -2.42. The quantitative estimate of drug-likeness (QED) is 0.851. The number of hydrogen-bond acceptors (Lipinski definition) is 2. The molecule has 0 amide bonds. The van der Waals surface area contributed by atoms with Crippen molar-refractivity contribution in [3.8, 4) is 5.75 Å². The number of rotatable bonds is 6. The fraction of sp³-hybridized carbons (Fsp3) is 0.600. The van der Waals surface area contributed by atoms with Crippen molar-refractivity contribution in [1.82, 2.24) is 5.32 Å². The molecule has 2 nitrogen and oxygen atoms in total. The van der Waals surface area contributed by atoms with Gasteiger partial charge in [-0.15, -0.1) is 0 Å². The molecule has 1 fully saturated rings. The van der Waals surface area contributed by atoms with Crippen molar-refractivity contribution in [1.29, 1.82) is 0 Å². The number of ether oxygens (including phenoxy) is 1. The van der Waals surface area contributed by atoms with Crippen molar-refractivity contribution in [2.24, 2.45) is 0 Å². The summed E-state index contributed by atoms with van der Waals surface area (Å²) in [7, 11) is 0. The van der Waals surface area contributed by atoms with Gasteiger partial charge < -0.3 is 10.1 Å². The molecule has 0 radical (unpaired) electrons. The highest BCUT2D eigenvalue weighted by atomic mass is 19.1. The van der Waals surface area contributed by atoms with Gasteiger partial charge in [0.1, 0.15) is 11.4 Å². The van der Waals surface area contributed by atoms with Gasteiger partial charge >= 0.3 is 0 Å². The van der Waals surface area contributed by atoms with Crippen molar-refractivity contribution in [2.75, 3.05) is 6.54 Å². The lowest BCUT2D eigenvalue weighted by molar-refractivity contribution is -0.0176. The summed E-state index contributed by atoms with van der Waals surface area (Å²) in [5.41, 5.74) is -0.323. The largest absolute Gasteiger partial charge is 0.484 e. The Bertz CT molecular complexity index is 430. The fourth-order valence-electron chi connectivity index (χ4n) is 2.35. The summed E-state index contributed by atoms with van der Waals surface area (Å²) < 4.78 is 32.5. The lowest BCUT2D eigenvalue weighted by Crippen LogP contribution is -2.46. The van der Waals surface area contributed by atoms with E-state index in [4.69, 9.17) is 4.74 Å². The highest BCUT2D eigenvalue weighted by molar-refractivity contribution is 5.26. The van der Waals surface area contributed by atoms with Crippen molar-refractivity contribution in [3.63, 3.8) is 0 Å². The first-order valence-electron chi connectivity index (χ1n) is 6.88. The van der Waals surface area contributed by atoms with Crippen LogP contribution >= 0.6 is 0 Å². The van der Waals surface area contributed by atoms with Crippen LogP contribution in [0.1, 0.15) is 39.5 Å². The van der Waals surface area contributed by atoms with E-state index in [2.05, 4.69) is 19.2 Å². The Labute approximate surface area is 113 Å². The first kappa shape index (κ1) is 14.3. The molecule has 0 heterocycles. The van der Waals surface area contributed by atoms with Crippen LogP contribution in [0.5, 0.6) is 5.75 Å². The van der Waals surface area contributed by atoms with Crippen LogP contribution in [-0.4, -0.2) is 18.2 Å². The van der Waals surface area contributed by atoms with Gasteiger partial charge in [0, 0.05) is 12.1 Å². The Hall–Kier alpha value is -1.16. The second-order valence-corrected chi connectivity index (χ2v) is 5.57. The summed E-state index contributed by atoms with van der Waals surface area (Å²) in [6.45, 7) is 5.00. The van der Waals surface area contributed by atoms with Crippen LogP contribution in [0.2, 0.25) is 0 Å². The summed E-state index contributed by atoms with van der Waals surface area (Å²) in [5, 5.41) is 3.33. The summed E-state index contributed by atoms with van der Waals surface area (Å²) in [6.07, 6.45) is 3.71. The van der Waals surface area contributed by atoms with Crippen LogP contribution in [0, 0.1) is 11.6 Å². The Kier molecular flexibility index (Phi) is 4.40. The van der Waals surface area contributed by atoms with E-state index in [1.54, 1.807) is 0 Å². The fourth-order valence-corrected chi connectivity index (χ4v) is 2.35. The Morgan fingerprint density at radius 1 is 1.32 bits per heavy atom. The van der Waals surface area contributed by atoms with Crippen molar-refractivity contribution >= 4 is 0 Å². The van der Waals surface area contributed by atoms with Gasteiger partial charge in [-0.1, -0.05) is 13.8 Å². The van der Waals surface area contributed by atoms with Crippen LogP contribution in [0.4, 0.5) is 8.78 Å². The van der Waals surface area contributed by atoms with Crippen LogP contribution in [-0.2, 0) is 0 Å². The predicted molar refractivity (Wildman–Crippen MR) is 71.3 cm³/mol. The molecule has 1 aliphatic carbocycles. The zero-order valence-electron chi connectivity index (χ0n) is 11.5. The van der Waals surface area contributed by atoms with Gasteiger partial charge in [0.05, 0.1) is 0 Å². The number of benzene rings is 1. The Balaban J connectivity index is 1.99. The molecule has 0 atom stereocenters. The molecule has 0 saturated heterocycles. The zero-order chi connectivity index (χ0) is 13.9. The Morgan fingerprint density at radius 3 is 2.63 bits per heavy atom. The molecule has 1 aliphatic rings.